The van der Waals surface area contributed by atoms with Crippen molar-refractivity contribution in [1.82, 2.24) is 4.90 Å². The van der Waals surface area contributed by atoms with Crippen LogP contribution < -0.4 is 0 Å². The Balaban J connectivity index is 4.14. The summed E-state index contributed by atoms with van der Waals surface area (Å²) in [6, 6.07) is -0.599. The van der Waals surface area contributed by atoms with Crippen molar-refractivity contribution in [3.8, 4) is 0 Å². The number of carbonyl (C=O) groups is 1. The SMILES string of the molecule is C=C(C)C(=O)OCC(C(=C)F)N(C)C. The number of esters is 1. The molecule has 0 aliphatic heterocycles. The number of carbonyl (C=O) groups excluding carboxylic acids is 1. The summed E-state index contributed by atoms with van der Waals surface area (Å²) < 4.78 is 17.6. The van der Waals surface area contributed by atoms with Crippen LogP contribution in [0.2, 0.25) is 0 Å². The number of ether oxygens (including phenoxy) is 1. The van der Waals surface area contributed by atoms with Crippen LogP contribution in [-0.2, 0) is 9.53 Å². The molecule has 80 valence electrons. The van der Waals surface area contributed by atoms with E-state index in [2.05, 4.69) is 13.2 Å². The second kappa shape index (κ2) is 5.54. The third kappa shape index (κ3) is 4.18. The Morgan fingerprint density at radius 1 is 1.50 bits per heavy atom. The molecule has 0 rings (SSSR count). The third-order valence-corrected chi connectivity index (χ3v) is 1.71. The molecule has 0 aliphatic carbocycles. The van der Waals surface area contributed by atoms with Gasteiger partial charge in [-0.1, -0.05) is 13.2 Å². The first kappa shape index (κ1) is 12.8. The lowest BCUT2D eigenvalue weighted by Gasteiger charge is -2.21. The Morgan fingerprint density at radius 2 is 2.00 bits per heavy atom. The standard InChI is InChI=1S/C10H16FNO2/c1-7(2)10(13)14-6-9(8(3)11)12(4)5/h9H,1,3,6H2,2,4-5H3. The van der Waals surface area contributed by atoms with Crippen LogP contribution in [0.25, 0.3) is 0 Å². The highest BCUT2D eigenvalue weighted by molar-refractivity contribution is 5.86. The van der Waals surface area contributed by atoms with Gasteiger partial charge in [0.1, 0.15) is 12.4 Å². The average Bonchev–Trinajstić information content (AvgIpc) is 2.02. The molecule has 0 amide bonds. The van der Waals surface area contributed by atoms with Gasteiger partial charge in [-0.15, -0.1) is 0 Å². The molecule has 1 unspecified atom stereocenters. The summed E-state index contributed by atoms with van der Waals surface area (Å²) in [6.07, 6.45) is 0. The Morgan fingerprint density at radius 3 is 2.29 bits per heavy atom. The molecule has 3 nitrogen and oxygen atoms in total. The molecule has 0 radical (unpaired) electrons. The Labute approximate surface area is 83.8 Å². The van der Waals surface area contributed by atoms with E-state index in [1.54, 1.807) is 19.0 Å². The highest BCUT2D eigenvalue weighted by atomic mass is 19.1. The van der Waals surface area contributed by atoms with E-state index in [0.29, 0.717) is 5.57 Å². The summed E-state index contributed by atoms with van der Waals surface area (Å²) in [7, 11) is 3.37. The number of rotatable bonds is 5. The fraction of sp³-hybridized carbons (Fsp3) is 0.500. The minimum absolute atomic E-state index is 0.0476. The van der Waals surface area contributed by atoms with Gasteiger partial charge in [0.15, 0.2) is 0 Å². The van der Waals surface area contributed by atoms with Crippen LogP contribution in [0, 0.1) is 0 Å². The highest BCUT2D eigenvalue weighted by Gasteiger charge is 2.17. The molecule has 0 saturated heterocycles. The van der Waals surface area contributed by atoms with Crippen LogP contribution in [0.3, 0.4) is 0 Å². The second-order valence-corrected chi connectivity index (χ2v) is 3.31. The molecule has 0 aromatic carbocycles. The molecular weight excluding hydrogens is 185 g/mol. The van der Waals surface area contributed by atoms with Gasteiger partial charge in [-0.3, -0.25) is 4.90 Å². The minimum Gasteiger partial charge on any atom is -0.460 e. The predicted octanol–water partition coefficient (Wildman–Crippen LogP) is 1.52. The van der Waals surface area contributed by atoms with E-state index in [1.807, 2.05) is 0 Å². The van der Waals surface area contributed by atoms with E-state index in [9.17, 15) is 9.18 Å². The maximum Gasteiger partial charge on any atom is 0.333 e. The molecule has 0 bridgehead atoms. The molecular formula is C10H16FNO2. The van der Waals surface area contributed by atoms with Gasteiger partial charge in [0.05, 0.1) is 6.04 Å². The Kier molecular flexibility index (Phi) is 5.09. The van der Waals surface area contributed by atoms with Crippen molar-refractivity contribution in [1.29, 1.82) is 0 Å². The summed E-state index contributed by atoms with van der Waals surface area (Å²) in [6.45, 7) is 8.09. The third-order valence-electron chi connectivity index (χ3n) is 1.71. The van der Waals surface area contributed by atoms with Crippen molar-refractivity contribution in [3.63, 3.8) is 0 Å². The van der Waals surface area contributed by atoms with Gasteiger partial charge in [0.2, 0.25) is 0 Å². The number of likely N-dealkylation sites (N-methyl/N-ethyl adjacent to an activating group) is 1. The molecule has 0 spiro atoms. The van der Waals surface area contributed by atoms with Crippen molar-refractivity contribution >= 4 is 5.97 Å². The van der Waals surface area contributed by atoms with Crippen LogP contribution >= 0.6 is 0 Å². The highest BCUT2D eigenvalue weighted by Crippen LogP contribution is 2.08. The van der Waals surface area contributed by atoms with E-state index < -0.39 is 17.8 Å². The number of halogens is 1. The van der Waals surface area contributed by atoms with Gasteiger partial charge < -0.3 is 4.74 Å². The number of hydrogen-bond acceptors (Lipinski definition) is 3. The molecule has 0 heterocycles. The van der Waals surface area contributed by atoms with Crippen LogP contribution in [0.4, 0.5) is 4.39 Å². The minimum atomic E-state index is -0.599. The topological polar surface area (TPSA) is 29.5 Å². The molecule has 0 aliphatic rings. The van der Waals surface area contributed by atoms with E-state index >= 15 is 0 Å². The largest absolute Gasteiger partial charge is 0.460 e. The zero-order valence-corrected chi connectivity index (χ0v) is 8.84. The first-order valence-electron chi connectivity index (χ1n) is 4.19. The average molecular weight is 201 g/mol. The van der Waals surface area contributed by atoms with Crippen LogP contribution in [0.15, 0.2) is 24.6 Å². The van der Waals surface area contributed by atoms with Crippen molar-refractivity contribution in [2.24, 2.45) is 0 Å². The molecule has 0 aromatic rings. The smallest absolute Gasteiger partial charge is 0.333 e. The van der Waals surface area contributed by atoms with E-state index in [0.717, 1.165) is 0 Å². The fourth-order valence-corrected chi connectivity index (χ4v) is 0.797. The molecule has 0 aromatic heterocycles. The number of hydrogen-bond donors (Lipinski definition) is 0. The van der Waals surface area contributed by atoms with E-state index in [1.165, 1.54) is 6.92 Å². The normalized spacial score (nSPS) is 12.4. The first-order valence-corrected chi connectivity index (χ1v) is 4.19. The zero-order valence-electron chi connectivity index (χ0n) is 8.84. The van der Waals surface area contributed by atoms with Crippen molar-refractivity contribution in [2.45, 2.75) is 13.0 Å². The summed E-state index contributed by atoms with van der Waals surface area (Å²) in [5.74, 6) is -1.04. The Hall–Kier alpha value is -1.16. The van der Waals surface area contributed by atoms with Crippen molar-refractivity contribution in [2.75, 3.05) is 20.7 Å². The fourth-order valence-electron chi connectivity index (χ4n) is 0.797. The number of nitrogens with zero attached hydrogens (tertiary/aromatic N) is 1. The Bertz CT molecular complexity index is 249. The van der Waals surface area contributed by atoms with Crippen molar-refractivity contribution in [3.05, 3.63) is 24.6 Å². The van der Waals surface area contributed by atoms with Crippen LogP contribution in [-0.4, -0.2) is 37.6 Å². The molecule has 0 saturated carbocycles. The van der Waals surface area contributed by atoms with Gasteiger partial charge in [0, 0.05) is 5.57 Å². The molecule has 14 heavy (non-hydrogen) atoms. The maximum atomic E-state index is 12.8. The zero-order chi connectivity index (χ0) is 11.3. The maximum absolute atomic E-state index is 12.8. The van der Waals surface area contributed by atoms with Crippen molar-refractivity contribution < 1.29 is 13.9 Å². The summed E-state index contributed by atoms with van der Waals surface area (Å²) in [4.78, 5) is 12.6. The summed E-state index contributed by atoms with van der Waals surface area (Å²) >= 11 is 0. The lowest BCUT2D eigenvalue weighted by atomic mass is 10.2. The quantitative estimate of drug-likeness (QED) is 0.499. The second-order valence-electron chi connectivity index (χ2n) is 3.31. The molecule has 0 N–H and O–H groups in total. The summed E-state index contributed by atoms with van der Waals surface area (Å²) in [5.41, 5.74) is 0.298. The monoisotopic (exact) mass is 201 g/mol. The summed E-state index contributed by atoms with van der Waals surface area (Å²) in [5, 5.41) is 0. The predicted molar refractivity (Wildman–Crippen MR) is 53.5 cm³/mol. The van der Waals surface area contributed by atoms with Gasteiger partial charge in [-0.05, 0) is 21.0 Å². The molecule has 0 fully saturated rings. The lowest BCUT2D eigenvalue weighted by molar-refractivity contribution is -0.140. The van der Waals surface area contributed by atoms with E-state index in [4.69, 9.17) is 4.74 Å². The van der Waals surface area contributed by atoms with Crippen LogP contribution in [0.1, 0.15) is 6.92 Å². The van der Waals surface area contributed by atoms with E-state index in [-0.39, 0.29) is 6.61 Å². The van der Waals surface area contributed by atoms with Gasteiger partial charge >= 0.3 is 5.97 Å². The van der Waals surface area contributed by atoms with Gasteiger partial charge in [0.25, 0.3) is 0 Å². The van der Waals surface area contributed by atoms with Gasteiger partial charge in [-0.2, -0.15) is 0 Å². The molecule has 1 atom stereocenters. The lowest BCUT2D eigenvalue weighted by Crippen LogP contribution is -2.33. The van der Waals surface area contributed by atoms with Gasteiger partial charge in [-0.25, -0.2) is 9.18 Å². The van der Waals surface area contributed by atoms with Crippen LogP contribution in [0.5, 0.6) is 0 Å². The first-order chi connectivity index (χ1) is 6.36. The molecule has 4 heteroatoms.